The molecule has 0 spiro atoms. The van der Waals surface area contributed by atoms with Crippen LogP contribution >= 0.6 is 0 Å². The fourth-order valence-corrected chi connectivity index (χ4v) is 5.93. The number of nitrogens with one attached hydrogen (secondary N) is 1. The van der Waals surface area contributed by atoms with Gasteiger partial charge < -0.3 is 5.32 Å². The maximum Gasteiger partial charge on any atom is 0.0634 e. The number of rotatable bonds is 5. The molecule has 1 unspecified atom stereocenters. The molecule has 0 amide bonds. The quantitative estimate of drug-likeness (QED) is 0.820. The minimum atomic E-state index is -0.451. The Hall–Kier alpha value is -1.12. The molecule has 0 saturated carbocycles. The summed E-state index contributed by atoms with van der Waals surface area (Å²) in [4.78, 5) is 0. The van der Waals surface area contributed by atoms with Gasteiger partial charge in [0.1, 0.15) is 0 Å². The molecule has 1 aliphatic carbocycles. The van der Waals surface area contributed by atoms with Gasteiger partial charge in [-0.3, -0.25) is 0 Å². The van der Waals surface area contributed by atoms with Gasteiger partial charge >= 0.3 is 0 Å². The van der Waals surface area contributed by atoms with Gasteiger partial charge in [0.15, 0.2) is 0 Å². The predicted octanol–water partition coefficient (Wildman–Crippen LogP) is 3.57. The maximum absolute atomic E-state index is 3.88. The number of benzene rings is 1. The van der Waals surface area contributed by atoms with Crippen LogP contribution < -0.4 is 10.5 Å². The average Bonchev–Trinajstić information content (AvgIpc) is 2.90. The summed E-state index contributed by atoms with van der Waals surface area (Å²) in [6.45, 7) is 14.4. The van der Waals surface area contributed by atoms with Crippen LogP contribution in [0.5, 0.6) is 0 Å². The summed E-state index contributed by atoms with van der Waals surface area (Å²) in [7, 11) is -0.451. The summed E-state index contributed by atoms with van der Waals surface area (Å²) in [5.41, 5.74) is 0.314. The highest BCUT2D eigenvalue weighted by molar-refractivity contribution is 6.57. The van der Waals surface area contributed by atoms with E-state index >= 15 is 0 Å². The number of hydrogen-bond acceptors (Lipinski definition) is 1. The third-order valence-corrected chi connectivity index (χ3v) is 9.24. The van der Waals surface area contributed by atoms with Crippen molar-refractivity contribution in [2.24, 2.45) is 5.41 Å². The van der Waals surface area contributed by atoms with Crippen molar-refractivity contribution in [3.63, 3.8) is 0 Å². The van der Waals surface area contributed by atoms with Crippen molar-refractivity contribution < 1.29 is 0 Å². The molecule has 0 aromatic heterocycles. The van der Waals surface area contributed by atoms with Gasteiger partial charge in [0.2, 0.25) is 0 Å². The van der Waals surface area contributed by atoms with E-state index < -0.39 is 9.52 Å². The molecule has 0 saturated heterocycles. The Morgan fingerprint density at radius 3 is 1.91 bits per heavy atom. The van der Waals surface area contributed by atoms with E-state index in [0.29, 0.717) is 6.04 Å². The van der Waals surface area contributed by atoms with E-state index in [1.54, 1.807) is 5.19 Å². The molecular weight excluding hydrogens is 282 g/mol. The van der Waals surface area contributed by atoms with Crippen LogP contribution in [0, 0.1) is 5.41 Å². The largest absolute Gasteiger partial charge is 0.302 e. The molecule has 120 valence electrons. The van der Waals surface area contributed by atoms with E-state index in [0.717, 1.165) is 0 Å². The molecule has 1 aromatic rings. The zero-order chi connectivity index (χ0) is 16.4. The third-order valence-electron chi connectivity index (χ3n) is 5.71. The van der Waals surface area contributed by atoms with Crippen LogP contribution in [0.2, 0.25) is 5.04 Å². The van der Waals surface area contributed by atoms with Gasteiger partial charge in [0.05, 0.1) is 9.52 Å². The molecule has 1 atom stereocenters. The molecule has 1 aromatic carbocycles. The standard InChI is InChI=1S/C20H31NSi/c1-18(2,3)20(6,22-17-14-8-7-9-15-17)19(4,5)21-16-12-10-11-13-16/h7-16,21H,22H2,1-6H3. The molecule has 0 radical (unpaired) electrons. The molecule has 2 rings (SSSR count). The lowest BCUT2D eigenvalue weighted by molar-refractivity contribution is 0.153. The molecule has 22 heavy (non-hydrogen) atoms. The van der Waals surface area contributed by atoms with E-state index in [1.165, 1.54) is 0 Å². The van der Waals surface area contributed by atoms with Crippen LogP contribution in [0.1, 0.15) is 41.5 Å². The highest BCUT2D eigenvalue weighted by Gasteiger charge is 2.49. The van der Waals surface area contributed by atoms with Crippen molar-refractivity contribution in [2.45, 2.75) is 58.2 Å². The van der Waals surface area contributed by atoms with Crippen molar-refractivity contribution in [3.05, 3.63) is 54.6 Å². The van der Waals surface area contributed by atoms with Crippen LogP contribution in [0.25, 0.3) is 0 Å². The van der Waals surface area contributed by atoms with Gasteiger partial charge in [-0.1, -0.05) is 87.5 Å². The van der Waals surface area contributed by atoms with E-state index in [-0.39, 0.29) is 16.0 Å². The normalized spacial score (nSPS) is 19.2. The molecule has 2 heteroatoms. The molecule has 1 aliphatic rings. The van der Waals surface area contributed by atoms with Gasteiger partial charge in [0.25, 0.3) is 0 Å². The van der Waals surface area contributed by atoms with Gasteiger partial charge in [-0.05, 0) is 24.3 Å². The van der Waals surface area contributed by atoms with Crippen LogP contribution in [0.3, 0.4) is 0 Å². The molecule has 0 bridgehead atoms. The first-order valence-electron chi connectivity index (χ1n) is 8.32. The Morgan fingerprint density at radius 2 is 1.41 bits per heavy atom. The summed E-state index contributed by atoms with van der Waals surface area (Å²) in [5, 5.41) is 5.69. The smallest absolute Gasteiger partial charge is 0.0634 e. The minimum Gasteiger partial charge on any atom is -0.302 e. The molecule has 0 heterocycles. The van der Waals surface area contributed by atoms with Crippen molar-refractivity contribution in [1.29, 1.82) is 0 Å². The van der Waals surface area contributed by atoms with Crippen molar-refractivity contribution in [1.82, 2.24) is 5.32 Å². The van der Waals surface area contributed by atoms with Crippen LogP contribution in [-0.2, 0) is 0 Å². The van der Waals surface area contributed by atoms with Crippen LogP contribution in [0.15, 0.2) is 54.6 Å². The van der Waals surface area contributed by atoms with E-state index in [1.807, 2.05) is 0 Å². The SMILES string of the molecule is CC(C)(C)C(C)([SiH2]c1ccccc1)C(C)(C)NC1C=CC=C1. The van der Waals surface area contributed by atoms with Gasteiger partial charge in [-0.25, -0.2) is 0 Å². The summed E-state index contributed by atoms with van der Waals surface area (Å²) in [6.07, 6.45) is 8.76. The van der Waals surface area contributed by atoms with Crippen molar-refractivity contribution >= 4 is 14.7 Å². The fourth-order valence-electron chi connectivity index (χ4n) is 3.53. The first-order chi connectivity index (χ1) is 10.2. The van der Waals surface area contributed by atoms with Gasteiger partial charge in [0, 0.05) is 11.6 Å². The summed E-state index contributed by atoms with van der Waals surface area (Å²) >= 11 is 0. The average molecular weight is 314 g/mol. The summed E-state index contributed by atoms with van der Waals surface area (Å²) in [6, 6.07) is 11.4. The monoisotopic (exact) mass is 313 g/mol. The Balaban J connectivity index is 2.31. The van der Waals surface area contributed by atoms with Crippen LogP contribution in [-0.4, -0.2) is 21.1 Å². The Bertz CT molecular complexity index is 539. The Kier molecular flexibility index (Phi) is 4.83. The van der Waals surface area contributed by atoms with Gasteiger partial charge in [-0.2, -0.15) is 0 Å². The number of hydrogen-bond donors (Lipinski definition) is 1. The van der Waals surface area contributed by atoms with E-state index in [9.17, 15) is 0 Å². The lowest BCUT2D eigenvalue weighted by Gasteiger charge is -2.54. The second kappa shape index (κ2) is 6.17. The Morgan fingerprint density at radius 1 is 0.864 bits per heavy atom. The van der Waals surface area contributed by atoms with Crippen molar-refractivity contribution in [3.8, 4) is 0 Å². The lowest BCUT2D eigenvalue weighted by Crippen LogP contribution is -2.60. The second-order valence-corrected chi connectivity index (χ2v) is 10.9. The highest BCUT2D eigenvalue weighted by atomic mass is 28.2. The molecule has 0 aliphatic heterocycles. The zero-order valence-electron chi connectivity index (χ0n) is 15.0. The molecule has 1 nitrogen and oxygen atoms in total. The number of allylic oxidation sites excluding steroid dienone is 2. The van der Waals surface area contributed by atoms with E-state index in [2.05, 4.69) is 101 Å². The Labute approximate surface area is 138 Å². The fraction of sp³-hybridized carbons (Fsp3) is 0.500. The lowest BCUT2D eigenvalue weighted by atomic mass is 9.70. The van der Waals surface area contributed by atoms with Gasteiger partial charge in [-0.15, -0.1) is 0 Å². The van der Waals surface area contributed by atoms with Crippen molar-refractivity contribution in [2.75, 3.05) is 0 Å². The maximum atomic E-state index is 3.88. The first-order valence-corrected chi connectivity index (χ1v) is 9.74. The zero-order valence-corrected chi connectivity index (χ0v) is 16.4. The third kappa shape index (κ3) is 3.44. The van der Waals surface area contributed by atoms with E-state index in [4.69, 9.17) is 0 Å². The molecule has 1 N–H and O–H groups in total. The molecule has 0 fully saturated rings. The first kappa shape index (κ1) is 17.2. The summed E-state index contributed by atoms with van der Waals surface area (Å²) < 4.78 is 0. The summed E-state index contributed by atoms with van der Waals surface area (Å²) in [5.74, 6) is 0. The topological polar surface area (TPSA) is 12.0 Å². The highest BCUT2D eigenvalue weighted by Crippen LogP contribution is 2.52. The molecular formula is C20H31NSi. The second-order valence-electron chi connectivity index (χ2n) is 8.31. The predicted molar refractivity (Wildman–Crippen MR) is 102 cm³/mol. The minimum absolute atomic E-state index is 0.0665. The van der Waals surface area contributed by atoms with Crippen LogP contribution in [0.4, 0.5) is 0 Å².